The molecular formula is C11H17NO2. The van der Waals surface area contributed by atoms with Crippen molar-refractivity contribution in [2.45, 2.75) is 6.61 Å². The maximum atomic E-state index is 5.43. The summed E-state index contributed by atoms with van der Waals surface area (Å²) in [5.74, 6) is 0.879. The van der Waals surface area contributed by atoms with E-state index in [2.05, 4.69) is 5.32 Å². The van der Waals surface area contributed by atoms with E-state index in [1.807, 2.05) is 31.3 Å². The van der Waals surface area contributed by atoms with Crippen LogP contribution in [0.5, 0.6) is 5.75 Å². The molecule has 0 saturated carbocycles. The van der Waals surface area contributed by atoms with E-state index in [9.17, 15) is 0 Å². The molecule has 0 aliphatic rings. The first kappa shape index (κ1) is 11.0. The first-order chi connectivity index (χ1) is 6.86. The molecule has 0 aromatic heterocycles. The van der Waals surface area contributed by atoms with Crippen molar-refractivity contribution in [3.05, 3.63) is 29.8 Å². The topological polar surface area (TPSA) is 30.5 Å². The molecule has 0 spiro atoms. The predicted octanol–water partition coefficient (Wildman–Crippen LogP) is 1.43. The number of methoxy groups -OCH3 is 1. The Labute approximate surface area is 85.0 Å². The van der Waals surface area contributed by atoms with Gasteiger partial charge < -0.3 is 14.8 Å². The van der Waals surface area contributed by atoms with Crippen molar-refractivity contribution >= 4 is 0 Å². The molecule has 0 unspecified atom stereocenters. The quantitative estimate of drug-likeness (QED) is 0.697. The van der Waals surface area contributed by atoms with E-state index in [0.29, 0.717) is 6.61 Å². The average molecular weight is 195 g/mol. The smallest absolute Gasteiger partial charge is 0.118 e. The summed E-state index contributed by atoms with van der Waals surface area (Å²) in [6, 6.07) is 7.91. The van der Waals surface area contributed by atoms with Crippen LogP contribution in [0.3, 0.4) is 0 Å². The van der Waals surface area contributed by atoms with Crippen LogP contribution in [-0.4, -0.2) is 27.3 Å². The third kappa shape index (κ3) is 3.77. The van der Waals surface area contributed by atoms with Gasteiger partial charge in [-0.15, -0.1) is 0 Å². The van der Waals surface area contributed by atoms with Crippen molar-refractivity contribution in [3.63, 3.8) is 0 Å². The van der Waals surface area contributed by atoms with Gasteiger partial charge in [0.2, 0.25) is 0 Å². The van der Waals surface area contributed by atoms with E-state index in [1.165, 1.54) is 5.56 Å². The second-order valence-corrected chi connectivity index (χ2v) is 3.00. The fourth-order valence-electron chi connectivity index (χ4n) is 1.09. The van der Waals surface area contributed by atoms with Crippen LogP contribution < -0.4 is 10.1 Å². The molecule has 3 heteroatoms. The van der Waals surface area contributed by atoms with Crippen molar-refractivity contribution in [1.82, 2.24) is 5.32 Å². The summed E-state index contributed by atoms with van der Waals surface area (Å²) in [4.78, 5) is 0. The number of ether oxygens (including phenoxy) is 2. The summed E-state index contributed by atoms with van der Waals surface area (Å²) in [7, 11) is 3.58. The zero-order valence-electron chi connectivity index (χ0n) is 8.75. The van der Waals surface area contributed by atoms with E-state index in [1.54, 1.807) is 7.11 Å². The largest absolute Gasteiger partial charge is 0.497 e. The van der Waals surface area contributed by atoms with Gasteiger partial charge >= 0.3 is 0 Å². The van der Waals surface area contributed by atoms with Gasteiger partial charge in [-0.3, -0.25) is 0 Å². The van der Waals surface area contributed by atoms with E-state index >= 15 is 0 Å². The Hall–Kier alpha value is -1.06. The van der Waals surface area contributed by atoms with Crippen molar-refractivity contribution in [1.29, 1.82) is 0 Å². The second-order valence-electron chi connectivity index (χ2n) is 3.00. The standard InChI is InChI=1S/C11H17NO2/c1-12-7-8-14-9-10-3-5-11(13-2)6-4-10/h3-6,12H,7-9H2,1-2H3. The molecule has 0 fully saturated rings. The maximum Gasteiger partial charge on any atom is 0.118 e. The van der Waals surface area contributed by atoms with Gasteiger partial charge in [0.15, 0.2) is 0 Å². The lowest BCUT2D eigenvalue weighted by Gasteiger charge is -2.04. The van der Waals surface area contributed by atoms with Gasteiger partial charge in [-0.25, -0.2) is 0 Å². The Bertz CT molecular complexity index is 246. The molecule has 1 aromatic carbocycles. The molecule has 14 heavy (non-hydrogen) atoms. The van der Waals surface area contributed by atoms with Crippen LogP contribution in [-0.2, 0) is 11.3 Å². The zero-order chi connectivity index (χ0) is 10.2. The summed E-state index contributed by atoms with van der Waals surface area (Å²) >= 11 is 0. The van der Waals surface area contributed by atoms with Gasteiger partial charge in [0, 0.05) is 6.54 Å². The summed E-state index contributed by atoms with van der Waals surface area (Å²) in [6.45, 7) is 2.28. The van der Waals surface area contributed by atoms with E-state index in [-0.39, 0.29) is 0 Å². The molecule has 1 rings (SSSR count). The normalized spacial score (nSPS) is 10.1. The highest BCUT2D eigenvalue weighted by Gasteiger charge is 1.94. The summed E-state index contributed by atoms with van der Waals surface area (Å²) in [6.07, 6.45) is 0. The lowest BCUT2D eigenvalue weighted by molar-refractivity contribution is 0.124. The number of hydrogen-bond donors (Lipinski definition) is 1. The van der Waals surface area contributed by atoms with Gasteiger partial charge in [-0.1, -0.05) is 12.1 Å². The summed E-state index contributed by atoms with van der Waals surface area (Å²) < 4.78 is 10.5. The molecule has 1 aromatic rings. The second kappa shape index (κ2) is 6.40. The molecule has 0 aliphatic carbocycles. The minimum absolute atomic E-state index is 0.658. The van der Waals surface area contributed by atoms with Crippen molar-refractivity contribution < 1.29 is 9.47 Å². The first-order valence-corrected chi connectivity index (χ1v) is 4.72. The van der Waals surface area contributed by atoms with Crippen molar-refractivity contribution in [3.8, 4) is 5.75 Å². The number of nitrogens with one attached hydrogen (secondary N) is 1. The molecule has 0 saturated heterocycles. The monoisotopic (exact) mass is 195 g/mol. The van der Waals surface area contributed by atoms with Gasteiger partial charge in [0.25, 0.3) is 0 Å². The molecule has 78 valence electrons. The number of likely N-dealkylation sites (N-methyl/N-ethyl adjacent to an activating group) is 1. The van der Waals surface area contributed by atoms with Crippen LogP contribution in [0, 0.1) is 0 Å². The van der Waals surface area contributed by atoms with Crippen LogP contribution in [0.1, 0.15) is 5.56 Å². The predicted molar refractivity (Wildman–Crippen MR) is 56.6 cm³/mol. The molecule has 0 atom stereocenters. The fourth-order valence-corrected chi connectivity index (χ4v) is 1.09. The summed E-state index contributed by atoms with van der Waals surface area (Å²) in [5, 5.41) is 3.03. The SMILES string of the molecule is CNCCOCc1ccc(OC)cc1. The average Bonchev–Trinajstić information content (AvgIpc) is 2.25. The Morgan fingerprint density at radius 1 is 1.21 bits per heavy atom. The molecule has 3 nitrogen and oxygen atoms in total. The number of benzene rings is 1. The number of rotatable bonds is 6. The van der Waals surface area contributed by atoms with Gasteiger partial charge in [0.1, 0.15) is 5.75 Å². The van der Waals surface area contributed by atoms with Crippen LogP contribution in [0.4, 0.5) is 0 Å². The van der Waals surface area contributed by atoms with Crippen LogP contribution >= 0.6 is 0 Å². The third-order valence-electron chi connectivity index (χ3n) is 1.92. The van der Waals surface area contributed by atoms with Crippen LogP contribution in [0.25, 0.3) is 0 Å². The summed E-state index contributed by atoms with van der Waals surface area (Å²) in [5.41, 5.74) is 1.17. The molecule has 0 amide bonds. The molecular weight excluding hydrogens is 178 g/mol. The lowest BCUT2D eigenvalue weighted by Crippen LogP contribution is -2.13. The Balaban J connectivity index is 2.29. The van der Waals surface area contributed by atoms with Crippen molar-refractivity contribution in [2.24, 2.45) is 0 Å². The Kier molecular flexibility index (Phi) is 5.04. The number of hydrogen-bond acceptors (Lipinski definition) is 3. The van der Waals surface area contributed by atoms with Crippen LogP contribution in [0.15, 0.2) is 24.3 Å². The molecule has 1 N–H and O–H groups in total. The maximum absolute atomic E-state index is 5.43. The highest BCUT2D eigenvalue weighted by molar-refractivity contribution is 5.26. The highest BCUT2D eigenvalue weighted by atomic mass is 16.5. The fraction of sp³-hybridized carbons (Fsp3) is 0.455. The minimum Gasteiger partial charge on any atom is -0.497 e. The molecule has 0 heterocycles. The van der Waals surface area contributed by atoms with Crippen molar-refractivity contribution in [2.75, 3.05) is 27.3 Å². The minimum atomic E-state index is 0.658. The third-order valence-corrected chi connectivity index (χ3v) is 1.92. The van der Waals surface area contributed by atoms with Gasteiger partial charge in [0.05, 0.1) is 20.3 Å². The van der Waals surface area contributed by atoms with Gasteiger partial charge in [-0.2, -0.15) is 0 Å². The van der Waals surface area contributed by atoms with Crippen LogP contribution in [0.2, 0.25) is 0 Å². The first-order valence-electron chi connectivity index (χ1n) is 4.72. The molecule has 0 bridgehead atoms. The van der Waals surface area contributed by atoms with Gasteiger partial charge in [-0.05, 0) is 24.7 Å². The zero-order valence-corrected chi connectivity index (χ0v) is 8.75. The lowest BCUT2D eigenvalue weighted by atomic mass is 10.2. The Morgan fingerprint density at radius 2 is 1.93 bits per heavy atom. The van der Waals surface area contributed by atoms with E-state index < -0.39 is 0 Å². The molecule has 0 radical (unpaired) electrons. The molecule has 0 aliphatic heterocycles. The highest BCUT2D eigenvalue weighted by Crippen LogP contribution is 2.11. The van der Waals surface area contributed by atoms with E-state index in [0.717, 1.165) is 18.9 Å². The Morgan fingerprint density at radius 3 is 2.50 bits per heavy atom. The van der Waals surface area contributed by atoms with E-state index in [4.69, 9.17) is 9.47 Å².